The van der Waals surface area contributed by atoms with Crippen molar-refractivity contribution in [3.63, 3.8) is 0 Å². The Bertz CT molecular complexity index is 1430. The van der Waals surface area contributed by atoms with E-state index in [1.165, 1.54) is 5.56 Å². The van der Waals surface area contributed by atoms with E-state index in [0.29, 0.717) is 11.8 Å². The van der Waals surface area contributed by atoms with Crippen molar-refractivity contribution >= 4 is 32.9 Å². The molecule has 0 saturated carbocycles. The minimum Gasteiger partial charge on any atom is -0.358 e. The molecule has 0 atom stereocenters. The predicted molar refractivity (Wildman–Crippen MR) is 122 cm³/mol. The number of hydrogen-bond acceptors (Lipinski definition) is 3. The van der Waals surface area contributed by atoms with Crippen molar-refractivity contribution in [3.05, 3.63) is 82.6 Å². The Morgan fingerprint density at radius 1 is 1.03 bits per heavy atom. The van der Waals surface area contributed by atoms with Crippen molar-refractivity contribution in [2.24, 2.45) is 0 Å². The highest BCUT2D eigenvalue weighted by atomic mass is 16.1. The standard InChI is InChI=1S/C25H22N4O2/c26-8-2-4-17-11-22-23(16-3-1-5-19(30)9-16)14-27-25(31)24(22)21-10-15(6-7-20(17)21)18-12-28-29-13-18/h1,3,6-7,9-14H,2,4-5,8,26H2,(H,27,31)(H,28,29)/p+1. The maximum Gasteiger partial charge on any atom is 0.256 e. The van der Waals surface area contributed by atoms with Crippen LogP contribution in [0.15, 0.2) is 65.9 Å². The molecule has 5 rings (SSSR count). The molecule has 6 heteroatoms. The van der Waals surface area contributed by atoms with Gasteiger partial charge in [-0.1, -0.05) is 24.3 Å². The molecule has 0 amide bonds. The number of aromatic nitrogens is 3. The number of rotatable bonds is 5. The van der Waals surface area contributed by atoms with Gasteiger partial charge in [0.1, 0.15) is 0 Å². The fraction of sp³-hybridized carbons (Fsp3) is 0.160. The number of nitrogens with one attached hydrogen (secondary N) is 2. The first-order valence-electron chi connectivity index (χ1n) is 10.5. The Morgan fingerprint density at radius 3 is 2.71 bits per heavy atom. The van der Waals surface area contributed by atoms with Crippen molar-refractivity contribution in [2.45, 2.75) is 19.3 Å². The van der Waals surface area contributed by atoms with Crippen LogP contribution >= 0.6 is 0 Å². The third-order valence-corrected chi connectivity index (χ3v) is 5.86. The van der Waals surface area contributed by atoms with E-state index >= 15 is 0 Å². The van der Waals surface area contributed by atoms with E-state index in [1.807, 2.05) is 18.3 Å². The van der Waals surface area contributed by atoms with Crippen molar-refractivity contribution in [1.29, 1.82) is 0 Å². The average Bonchev–Trinajstić information content (AvgIpc) is 3.32. The molecular formula is C25H23N4O2+. The van der Waals surface area contributed by atoms with Crippen molar-refractivity contribution < 1.29 is 10.5 Å². The number of nitrogens with zero attached hydrogens (tertiary/aromatic N) is 1. The Kier molecular flexibility index (Phi) is 4.84. The Balaban J connectivity index is 1.86. The van der Waals surface area contributed by atoms with Crippen LogP contribution in [0.4, 0.5) is 0 Å². The van der Waals surface area contributed by atoms with Gasteiger partial charge in [-0.25, -0.2) is 0 Å². The van der Waals surface area contributed by atoms with E-state index in [0.717, 1.165) is 57.8 Å². The van der Waals surface area contributed by atoms with Crippen LogP contribution in [0.5, 0.6) is 0 Å². The monoisotopic (exact) mass is 411 g/mol. The highest BCUT2D eigenvalue weighted by Gasteiger charge is 2.17. The van der Waals surface area contributed by atoms with Gasteiger partial charge >= 0.3 is 0 Å². The average molecular weight is 411 g/mol. The highest BCUT2D eigenvalue weighted by molar-refractivity contribution is 6.14. The molecule has 31 heavy (non-hydrogen) atoms. The van der Waals surface area contributed by atoms with E-state index in [9.17, 15) is 9.59 Å². The van der Waals surface area contributed by atoms with E-state index in [2.05, 4.69) is 45.2 Å². The fourth-order valence-electron chi connectivity index (χ4n) is 4.34. The van der Waals surface area contributed by atoms with Gasteiger partial charge in [0.05, 0.1) is 18.1 Å². The first-order chi connectivity index (χ1) is 15.2. The zero-order valence-electron chi connectivity index (χ0n) is 17.1. The van der Waals surface area contributed by atoms with E-state index < -0.39 is 0 Å². The summed E-state index contributed by atoms with van der Waals surface area (Å²) in [6, 6.07) is 8.33. The summed E-state index contributed by atoms with van der Waals surface area (Å²) in [4.78, 5) is 28.0. The van der Waals surface area contributed by atoms with E-state index in [1.54, 1.807) is 18.5 Å². The van der Waals surface area contributed by atoms with Crippen molar-refractivity contribution in [3.8, 4) is 11.1 Å². The first kappa shape index (κ1) is 19.2. The number of carbonyl (C=O) groups excluding carboxylic acids is 1. The number of quaternary nitrogens is 1. The maximum absolute atomic E-state index is 13.0. The number of fused-ring (bicyclic) bond motifs is 3. The Labute approximate surface area is 178 Å². The van der Waals surface area contributed by atoms with Crippen LogP contribution in [0.2, 0.25) is 0 Å². The third kappa shape index (κ3) is 3.41. The molecule has 1 aliphatic carbocycles. The molecule has 4 aromatic rings. The first-order valence-corrected chi connectivity index (χ1v) is 10.5. The zero-order valence-corrected chi connectivity index (χ0v) is 17.1. The summed E-state index contributed by atoms with van der Waals surface area (Å²) in [5, 5.41) is 10.4. The molecule has 0 radical (unpaired) electrons. The number of H-pyrrole nitrogens is 2. The van der Waals surface area contributed by atoms with Gasteiger partial charge in [-0.2, -0.15) is 5.10 Å². The molecule has 0 spiro atoms. The van der Waals surface area contributed by atoms with Crippen LogP contribution in [0.1, 0.15) is 24.0 Å². The molecule has 0 fully saturated rings. The molecule has 2 heterocycles. The normalized spacial score (nSPS) is 13.8. The summed E-state index contributed by atoms with van der Waals surface area (Å²) in [7, 11) is 0. The number of allylic oxidation sites excluding steroid dienone is 4. The number of benzene rings is 2. The Hall–Kier alpha value is -3.77. The summed E-state index contributed by atoms with van der Waals surface area (Å²) in [5.41, 5.74) is 8.68. The van der Waals surface area contributed by atoms with Gasteiger partial charge in [0.15, 0.2) is 5.78 Å². The largest absolute Gasteiger partial charge is 0.358 e. The molecular weight excluding hydrogens is 388 g/mol. The van der Waals surface area contributed by atoms with Crippen LogP contribution in [0, 0.1) is 0 Å². The number of hydrogen-bond donors (Lipinski definition) is 3. The number of carbonyl (C=O) groups is 1. The molecule has 0 aliphatic heterocycles. The number of pyridine rings is 1. The smallest absolute Gasteiger partial charge is 0.256 e. The van der Waals surface area contributed by atoms with Crippen LogP contribution in [-0.4, -0.2) is 27.5 Å². The number of ketones is 1. The second kappa shape index (κ2) is 7.81. The summed E-state index contributed by atoms with van der Waals surface area (Å²) in [6.07, 6.45) is 13.1. The van der Waals surface area contributed by atoms with Gasteiger partial charge in [0, 0.05) is 36.4 Å². The summed E-state index contributed by atoms with van der Waals surface area (Å²) in [5.74, 6) is 0.0668. The molecule has 2 aromatic heterocycles. The lowest BCUT2D eigenvalue weighted by Crippen LogP contribution is -2.50. The van der Waals surface area contributed by atoms with Gasteiger partial charge in [-0.3, -0.25) is 14.7 Å². The van der Waals surface area contributed by atoms with Crippen LogP contribution in [-0.2, 0) is 11.2 Å². The molecule has 154 valence electrons. The molecule has 5 N–H and O–H groups in total. The second-order valence-electron chi connectivity index (χ2n) is 7.87. The molecule has 1 aliphatic rings. The molecule has 0 unspecified atom stereocenters. The highest BCUT2D eigenvalue weighted by Crippen LogP contribution is 2.35. The van der Waals surface area contributed by atoms with Gasteiger partial charge in [-0.15, -0.1) is 0 Å². The van der Waals surface area contributed by atoms with Crippen molar-refractivity contribution in [1.82, 2.24) is 15.2 Å². The zero-order chi connectivity index (χ0) is 21.4. The van der Waals surface area contributed by atoms with Crippen LogP contribution in [0.3, 0.4) is 0 Å². The molecule has 0 bridgehead atoms. The lowest BCUT2D eigenvalue weighted by atomic mass is 9.89. The van der Waals surface area contributed by atoms with Crippen LogP contribution < -0.4 is 11.3 Å². The Morgan fingerprint density at radius 2 is 1.94 bits per heavy atom. The van der Waals surface area contributed by atoms with Gasteiger partial charge < -0.3 is 10.7 Å². The second-order valence-corrected chi connectivity index (χ2v) is 7.87. The fourth-order valence-corrected chi connectivity index (χ4v) is 4.34. The molecule has 2 aromatic carbocycles. The predicted octanol–water partition coefficient (Wildman–Crippen LogP) is 3.16. The molecule has 6 nitrogen and oxygen atoms in total. The SMILES string of the molecule is [NH3+]CCCc1cc2c(C3=CC(=O)CC=C3)c[nH]c(=O)c2c2cc(-c3cn[nH]c3)ccc12. The lowest BCUT2D eigenvalue weighted by molar-refractivity contribution is -0.368. The number of aromatic amines is 2. The van der Waals surface area contributed by atoms with E-state index in [-0.39, 0.29) is 11.3 Å². The minimum atomic E-state index is -0.136. The quantitative estimate of drug-likeness (QED) is 0.439. The molecule has 0 saturated heterocycles. The topological polar surface area (TPSA) is 106 Å². The summed E-state index contributed by atoms with van der Waals surface area (Å²) >= 11 is 0. The summed E-state index contributed by atoms with van der Waals surface area (Å²) < 4.78 is 0. The van der Waals surface area contributed by atoms with Gasteiger partial charge in [0.25, 0.3) is 5.56 Å². The maximum atomic E-state index is 13.0. The van der Waals surface area contributed by atoms with E-state index in [4.69, 9.17) is 0 Å². The number of aryl methyl sites for hydroxylation is 1. The van der Waals surface area contributed by atoms with Crippen LogP contribution in [0.25, 0.3) is 38.2 Å². The third-order valence-electron chi connectivity index (χ3n) is 5.86. The minimum absolute atomic E-state index is 0.0668. The van der Waals surface area contributed by atoms with Gasteiger partial charge in [-0.05, 0) is 57.5 Å². The lowest BCUT2D eigenvalue weighted by Gasteiger charge is -2.15. The van der Waals surface area contributed by atoms with Crippen molar-refractivity contribution in [2.75, 3.05) is 6.54 Å². The summed E-state index contributed by atoms with van der Waals surface area (Å²) in [6.45, 7) is 0.845. The van der Waals surface area contributed by atoms with Gasteiger partial charge in [0.2, 0.25) is 0 Å².